The molecule has 2 unspecified atom stereocenters. The van der Waals surface area contributed by atoms with E-state index < -0.39 is 62.8 Å². The van der Waals surface area contributed by atoms with Crippen LogP contribution < -0.4 is 15.5 Å². The Hall–Kier alpha value is -6.87. The Kier molecular flexibility index (Phi) is 19.7. The second kappa shape index (κ2) is 25.7. The second-order valence-electron chi connectivity index (χ2n) is 21.1. The fourth-order valence-electron chi connectivity index (χ4n) is 11.2. The summed E-state index contributed by atoms with van der Waals surface area (Å²) in [5.41, 5.74) is 15.9. The normalized spacial score (nSPS) is 19.4. The van der Waals surface area contributed by atoms with E-state index in [1.54, 1.807) is 38.4 Å². The summed E-state index contributed by atoms with van der Waals surface area (Å²) < 4.78 is 139. The minimum absolute atomic E-state index is 0.0229. The lowest BCUT2D eigenvalue weighted by atomic mass is 9.75. The fourth-order valence-corrected chi connectivity index (χ4v) is 13.2. The van der Waals surface area contributed by atoms with Crippen LogP contribution in [0.5, 0.6) is 0 Å². The number of azide groups is 1. The largest absolute Gasteiger partial charge is 0.356 e. The number of allylic oxidation sites excluding steroid dienone is 8. The molecule has 438 valence electrons. The van der Waals surface area contributed by atoms with Crippen LogP contribution in [-0.2, 0) is 73.9 Å². The zero-order valence-electron chi connectivity index (χ0n) is 45.8. The van der Waals surface area contributed by atoms with Crippen molar-refractivity contribution in [1.29, 1.82) is 0 Å². The van der Waals surface area contributed by atoms with Gasteiger partial charge in [-0.1, -0.05) is 41.5 Å². The van der Waals surface area contributed by atoms with Gasteiger partial charge in [-0.15, -0.1) is 0 Å². The summed E-state index contributed by atoms with van der Waals surface area (Å²) >= 11 is 0. The number of likely N-dealkylation sites (N-methyl/N-ethyl adjacent to an activating group) is 1. The topological polar surface area (TPSA) is 344 Å². The molecule has 0 saturated heterocycles. The Morgan fingerprint density at radius 3 is 2.04 bits per heavy atom. The van der Waals surface area contributed by atoms with Gasteiger partial charge in [0.1, 0.15) is 7.05 Å². The van der Waals surface area contributed by atoms with Crippen LogP contribution in [0.4, 0.5) is 17.1 Å². The van der Waals surface area contributed by atoms with Gasteiger partial charge in [-0.3, -0.25) is 32.8 Å². The Labute approximate surface area is 478 Å². The van der Waals surface area contributed by atoms with Crippen LogP contribution in [0.3, 0.4) is 0 Å². The predicted molar refractivity (Wildman–Crippen MR) is 311 cm³/mol. The van der Waals surface area contributed by atoms with Gasteiger partial charge in [0, 0.05) is 71.5 Å². The van der Waals surface area contributed by atoms with Crippen molar-refractivity contribution >= 4 is 80.6 Å². The number of aromatic nitrogens is 1. The van der Waals surface area contributed by atoms with Gasteiger partial charge in [-0.2, -0.15) is 38.2 Å². The number of benzene rings is 3. The van der Waals surface area contributed by atoms with E-state index in [1.165, 1.54) is 30.5 Å². The molecule has 0 radical (unpaired) electrons. The van der Waals surface area contributed by atoms with Crippen molar-refractivity contribution in [1.82, 2.24) is 10.3 Å². The molecule has 0 spiro atoms. The Morgan fingerprint density at radius 1 is 0.768 bits per heavy atom. The Balaban J connectivity index is 1.18. The average Bonchev–Trinajstić information content (AvgIpc) is 3.62. The van der Waals surface area contributed by atoms with E-state index in [4.69, 9.17) is 5.53 Å². The van der Waals surface area contributed by atoms with Crippen LogP contribution in [-0.4, -0.2) is 111 Å². The van der Waals surface area contributed by atoms with E-state index in [-0.39, 0.29) is 73.2 Å². The zero-order valence-corrected chi connectivity index (χ0v) is 49.1. The third-order valence-corrected chi connectivity index (χ3v) is 18.6. The molecule has 3 aromatic carbocycles. The summed E-state index contributed by atoms with van der Waals surface area (Å²) in [6, 6.07) is 19.9. The molecule has 0 bridgehead atoms. The van der Waals surface area contributed by atoms with E-state index in [9.17, 15) is 61.5 Å². The molecule has 2 atom stereocenters. The van der Waals surface area contributed by atoms with Gasteiger partial charge < -0.3 is 15.5 Å². The molecule has 4 aromatic rings. The van der Waals surface area contributed by atoms with Crippen molar-refractivity contribution in [3.63, 3.8) is 0 Å². The molecule has 6 N–H and O–H groups in total. The van der Waals surface area contributed by atoms with E-state index in [2.05, 4.69) is 25.6 Å². The molecule has 0 fully saturated rings. The number of rotatable bonds is 25. The maximum Gasteiger partial charge on any atom is 0.294 e. The summed E-state index contributed by atoms with van der Waals surface area (Å²) in [4.78, 5) is 33.3. The van der Waals surface area contributed by atoms with Gasteiger partial charge >= 0.3 is 0 Å². The molecular formula is C56H67N8O14S4+. The van der Waals surface area contributed by atoms with Crippen LogP contribution in [0.25, 0.3) is 16.0 Å². The smallest absolute Gasteiger partial charge is 0.294 e. The van der Waals surface area contributed by atoms with Crippen LogP contribution >= 0.6 is 0 Å². The highest BCUT2D eigenvalue weighted by molar-refractivity contribution is 7.86. The van der Waals surface area contributed by atoms with Crippen molar-refractivity contribution in [2.24, 2.45) is 5.11 Å². The molecule has 3 heterocycles. The Bertz CT molecular complexity index is 3820. The highest BCUT2D eigenvalue weighted by atomic mass is 32.2. The van der Waals surface area contributed by atoms with Gasteiger partial charge in [-0.05, 0) is 166 Å². The van der Waals surface area contributed by atoms with Crippen molar-refractivity contribution in [3.8, 4) is 0 Å². The van der Waals surface area contributed by atoms with Crippen molar-refractivity contribution in [2.45, 2.75) is 118 Å². The first-order valence-electron chi connectivity index (χ1n) is 26.4. The highest BCUT2D eigenvalue weighted by Crippen LogP contribution is 2.51. The van der Waals surface area contributed by atoms with Crippen molar-refractivity contribution < 1.29 is 66.0 Å². The molecular weight excluding hydrogens is 1140 g/mol. The molecule has 22 nitrogen and oxygen atoms in total. The summed E-state index contributed by atoms with van der Waals surface area (Å²) in [5.74, 6) is -1.57. The maximum atomic E-state index is 12.7. The molecule has 3 aliphatic rings. The monoisotopic (exact) mass is 1200 g/mol. The first kappa shape index (κ1) is 62.7. The average molecular weight is 1200 g/mol. The minimum Gasteiger partial charge on any atom is -0.356 e. The molecule has 2 aliphatic heterocycles. The van der Waals surface area contributed by atoms with Gasteiger partial charge in [0.05, 0.1) is 45.1 Å². The number of hydrogen-bond donors (Lipinski definition) is 6. The molecule has 1 aliphatic carbocycles. The van der Waals surface area contributed by atoms with Crippen LogP contribution in [0.2, 0.25) is 0 Å². The number of amides is 2. The van der Waals surface area contributed by atoms with Crippen LogP contribution in [0.1, 0.15) is 112 Å². The number of unbranched alkanes of at least 4 members (excludes halogenated alkanes) is 1. The number of aryl methyl sites for hydroxylation is 1. The molecule has 7 rings (SSSR count). The van der Waals surface area contributed by atoms with Crippen LogP contribution in [0, 0.1) is 0 Å². The van der Waals surface area contributed by atoms with Crippen LogP contribution in [0.15, 0.2) is 135 Å². The molecule has 26 heteroatoms. The van der Waals surface area contributed by atoms with E-state index >= 15 is 0 Å². The summed E-state index contributed by atoms with van der Waals surface area (Å²) in [7, 11) is -14.3. The number of anilines is 2. The number of hydrogen-bond acceptors (Lipinski definition) is 13. The zero-order chi connectivity index (χ0) is 59.8. The summed E-state index contributed by atoms with van der Waals surface area (Å²) in [6.45, 7) is 3.94. The second-order valence-corrected chi connectivity index (χ2v) is 27.1. The van der Waals surface area contributed by atoms with Gasteiger partial charge in [-0.25, -0.2) is 0 Å². The number of nitrogens with zero attached hydrogens (tertiary/aromatic N) is 6. The lowest BCUT2D eigenvalue weighted by molar-refractivity contribution is -0.401. The molecule has 2 amide bonds. The lowest BCUT2D eigenvalue weighted by Crippen LogP contribution is -2.31. The minimum atomic E-state index is -4.62. The lowest BCUT2D eigenvalue weighted by Gasteiger charge is -2.29. The SMILES string of the molecule is CN1C(=CC=C2CCCC(C=CC3=[N+](C)c4ccc(S(=O)(=O)O)cc4C3(C)CCCS(=O)(=O)O)=C2c2ccc(CCCCC(=O)NCCC(=O)Nc3ccc(CN=[N+]=[N-])nc3)cc2)C(C)(CCCS(=O)(=O)O)c2cc(S(=O)(=O)O)ccc21. The first-order valence-corrected chi connectivity index (χ1v) is 32.5. The molecule has 82 heavy (non-hydrogen) atoms. The van der Waals surface area contributed by atoms with Gasteiger partial charge in [0.2, 0.25) is 17.5 Å². The predicted octanol–water partition coefficient (Wildman–Crippen LogP) is 8.98. The first-order chi connectivity index (χ1) is 38.5. The Morgan fingerprint density at radius 2 is 1.41 bits per heavy atom. The maximum absolute atomic E-state index is 12.7. The quantitative estimate of drug-likeness (QED) is 0.00900. The fraction of sp³-hybridized carbons (Fsp3) is 0.393. The number of carbonyl (C=O) groups is 2. The van der Waals surface area contributed by atoms with Gasteiger partial charge in [0.15, 0.2) is 5.71 Å². The summed E-state index contributed by atoms with van der Waals surface area (Å²) in [5, 5.41) is 8.97. The molecule has 1 aromatic heterocycles. The number of carbonyl (C=O) groups excluding carboxylic acids is 2. The highest BCUT2D eigenvalue weighted by Gasteiger charge is 2.47. The number of pyridine rings is 1. The number of fused-ring (bicyclic) bond motifs is 2. The van der Waals surface area contributed by atoms with E-state index in [0.29, 0.717) is 83.8 Å². The van der Waals surface area contributed by atoms with E-state index in [0.717, 1.165) is 27.8 Å². The van der Waals surface area contributed by atoms with Crippen molar-refractivity contribution in [3.05, 3.63) is 159 Å². The number of nitrogens with one attached hydrogen (secondary N) is 2. The third-order valence-electron chi connectivity index (χ3n) is 15.3. The van der Waals surface area contributed by atoms with Crippen molar-refractivity contribution in [2.75, 3.05) is 42.4 Å². The molecule has 0 saturated carbocycles. The summed E-state index contributed by atoms with van der Waals surface area (Å²) in [6.07, 6.45) is 13.9. The van der Waals surface area contributed by atoms with Gasteiger partial charge in [0.25, 0.3) is 40.5 Å². The third kappa shape index (κ3) is 15.6. The van der Waals surface area contributed by atoms with E-state index in [1.807, 2.05) is 71.9 Å². The standard InChI is InChI=1S/C56H66N8O14S4/c1-55(29-8-32-79(67,68)69)46-34-44(81(73,74)75)22-24-48(46)63(3)50(55)26-18-39-11-7-12-40(19-27-51-56(2,30-9-33-80(70,71)72)47-35-45(82(76,77)78)23-25-49(47)64(51)4)54(39)41-16-14-38(15-17-41)10-5-6-13-52(65)58-31-28-53(66)61-43-21-20-42(59-36-43)37-60-62-57/h14-27,34-36H,5-13,28-33,37H2,1-4H3,(H5-,58,61,65,66,67,68,69,70,71,72,73,74,75,76,77,78)/p+1.